The van der Waals surface area contributed by atoms with Crippen LogP contribution in [0.4, 0.5) is 0 Å². The topological polar surface area (TPSA) is 32.8 Å². The third-order valence-electron chi connectivity index (χ3n) is 3.21. The predicted octanol–water partition coefficient (Wildman–Crippen LogP) is 0.949. The lowest BCUT2D eigenvalue weighted by Gasteiger charge is -2.39. The highest BCUT2D eigenvalue weighted by molar-refractivity contribution is 9.10. The average molecular weight is 293 g/mol. The quantitative estimate of drug-likeness (QED) is 0.571. The SMILES string of the molecule is CCC1CN(CC(Br)C(=O)OC)CCN1C. The standard InChI is InChI=1S/C11H21BrN2O2/c1-4-9-7-14(6-5-13(9)2)8-10(12)11(15)16-3/h9-10H,4-8H2,1-3H3. The Labute approximate surface area is 106 Å². The van der Waals surface area contributed by atoms with E-state index in [-0.39, 0.29) is 10.8 Å². The number of hydrogen-bond acceptors (Lipinski definition) is 4. The number of alkyl halides is 1. The molecule has 0 aliphatic carbocycles. The summed E-state index contributed by atoms with van der Waals surface area (Å²) in [6.45, 7) is 6.06. The maximum atomic E-state index is 11.3. The number of ether oxygens (including phenoxy) is 1. The molecule has 0 bridgehead atoms. The van der Waals surface area contributed by atoms with Gasteiger partial charge in [-0.25, -0.2) is 0 Å². The van der Waals surface area contributed by atoms with Gasteiger partial charge >= 0.3 is 5.97 Å². The number of rotatable bonds is 4. The minimum Gasteiger partial charge on any atom is -0.468 e. The van der Waals surface area contributed by atoms with Crippen LogP contribution in [0.1, 0.15) is 13.3 Å². The van der Waals surface area contributed by atoms with Crippen LogP contribution in [0.25, 0.3) is 0 Å². The average Bonchev–Trinajstić information content (AvgIpc) is 2.30. The van der Waals surface area contributed by atoms with Gasteiger partial charge in [-0.3, -0.25) is 9.69 Å². The normalized spacial score (nSPS) is 25.4. The van der Waals surface area contributed by atoms with E-state index in [9.17, 15) is 4.79 Å². The molecule has 94 valence electrons. The van der Waals surface area contributed by atoms with E-state index in [1.165, 1.54) is 7.11 Å². The third-order valence-corrected chi connectivity index (χ3v) is 3.87. The van der Waals surface area contributed by atoms with Gasteiger partial charge in [0.05, 0.1) is 7.11 Å². The van der Waals surface area contributed by atoms with Crippen molar-refractivity contribution in [2.45, 2.75) is 24.2 Å². The smallest absolute Gasteiger partial charge is 0.320 e. The highest BCUT2D eigenvalue weighted by Crippen LogP contribution is 2.13. The van der Waals surface area contributed by atoms with Crippen molar-refractivity contribution in [2.24, 2.45) is 0 Å². The zero-order valence-corrected chi connectivity index (χ0v) is 11.9. The summed E-state index contributed by atoms with van der Waals surface area (Å²) in [6.07, 6.45) is 1.15. The summed E-state index contributed by atoms with van der Waals surface area (Å²) in [4.78, 5) is 15.8. The Kier molecular flexibility index (Phi) is 5.72. The van der Waals surface area contributed by atoms with Crippen LogP contribution in [-0.2, 0) is 9.53 Å². The van der Waals surface area contributed by atoms with Gasteiger partial charge in [-0.1, -0.05) is 22.9 Å². The van der Waals surface area contributed by atoms with Crippen molar-refractivity contribution in [2.75, 3.05) is 40.3 Å². The fourth-order valence-corrected chi connectivity index (χ4v) is 2.64. The van der Waals surface area contributed by atoms with Crippen LogP contribution in [0, 0.1) is 0 Å². The van der Waals surface area contributed by atoms with Gasteiger partial charge < -0.3 is 9.64 Å². The van der Waals surface area contributed by atoms with Crippen LogP contribution < -0.4 is 0 Å². The van der Waals surface area contributed by atoms with E-state index in [2.05, 4.69) is 39.7 Å². The monoisotopic (exact) mass is 292 g/mol. The van der Waals surface area contributed by atoms with E-state index in [1.54, 1.807) is 0 Å². The Bertz CT molecular complexity index is 238. The third kappa shape index (κ3) is 3.71. The summed E-state index contributed by atoms with van der Waals surface area (Å²) >= 11 is 3.37. The zero-order chi connectivity index (χ0) is 12.1. The maximum absolute atomic E-state index is 11.3. The van der Waals surface area contributed by atoms with Crippen LogP contribution in [0.15, 0.2) is 0 Å². The van der Waals surface area contributed by atoms with Gasteiger partial charge in [0, 0.05) is 32.2 Å². The van der Waals surface area contributed by atoms with Crippen molar-refractivity contribution < 1.29 is 9.53 Å². The molecular weight excluding hydrogens is 272 g/mol. The van der Waals surface area contributed by atoms with Crippen LogP contribution in [-0.4, -0.2) is 67.0 Å². The van der Waals surface area contributed by atoms with Crippen molar-refractivity contribution in [1.82, 2.24) is 9.80 Å². The molecular formula is C11H21BrN2O2. The molecule has 0 saturated carbocycles. The Balaban J connectivity index is 2.41. The number of nitrogens with zero attached hydrogens (tertiary/aromatic N) is 2. The molecule has 0 radical (unpaired) electrons. The molecule has 1 rings (SSSR count). The number of piperazine rings is 1. The Morgan fingerprint density at radius 2 is 2.25 bits per heavy atom. The predicted molar refractivity (Wildman–Crippen MR) is 67.9 cm³/mol. The first-order valence-corrected chi connectivity index (χ1v) is 6.64. The summed E-state index contributed by atoms with van der Waals surface area (Å²) in [5.74, 6) is -0.188. The van der Waals surface area contributed by atoms with Gasteiger partial charge in [0.15, 0.2) is 0 Å². The van der Waals surface area contributed by atoms with Gasteiger partial charge in [-0.15, -0.1) is 0 Å². The van der Waals surface area contributed by atoms with E-state index in [4.69, 9.17) is 4.74 Å². The molecule has 4 nitrogen and oxygen atoms in total. The zero-order valence-electron chi connectivity index (χ0n) is 10.3. The number of hydrogen-bond donors (Lipinski definition) is 0. The second kappa shape index (κ2) is 6.57. The lowest BCUT2D eigenvalue weighted by atomic mass is 10.1. The molecule has 0 aromatic carbocycles. The van der Waals surface area contributed by atoms with Gasteiger partial charge in [0.2, 0.25) is 0 Å². The number of carbonyl (C=O) groups excluding carboxylic acids is 1. The largest absolute Gasteiger partial charge is 0.468 e. The summed E-state index contributed by atoms with van der Waals surface area (Å²) in [5, 5.41) is 0. The molecule has 5 heteroatoms. The fourth-order valence-electron chi connectivity index (χ4n) is 2.05. The van der Waals surface area contributed by atoms with E-state index >= 15 is 0 Å². The lowest BCUT2D eigenvalue weighted by molar-refractivity contribution is -0.140. The molecule has 1 saturated heterocycles. The van der Waals surface area contributed by atoms with Gasteiger partial charge in [0.1, 0.15) is 4.83 Å². The number of likely N-dealkylation sites (N-methyl/N-ethyl adjacent to an activating group) is 1. The highest BCUT2D eigenvalue weighted by Gasteiger charge is 2.26. The molecule has 2 atom stereocenters. The molecule has 1 heterocycles. The minimum atomic E-state index is -0.210. The summed E-state index contributed by atoms with van der Waals surface area (Å²) < 4.78 is 4.70. The second-order valence-corrected chi connectivity index (χ2v) is 5.40. The Morgan fingerprint density at radius 1 is 1.56 bits per heavy atom. The highest BCUT2D eigenvalue weighted by atomic mass is 79.9. The molecule has 0 N–H and O–H groups in total. The van der Waals surface area contributed by atoms with Crippen molar-refractivity contribution in [3.63, 3.8) is 0 Å². The molecule has 1 aliphatic heterocycles. The van der Waals surface area contributed by atoms with E-state index < -0.39 is 0 Å². The molecule has 0 spiro atoms. The van der Waals surface area contributed by atoms with Crippen molar-refractivity contribution in [1.29, 1.82) is 0 Å². The minimum absolute atomic E-state index is 0.188. The lowest BCUT2D eigenvalue weighted by Crippen LogP contribution is -2.52. The summed E-state index contributed by atoms with van der Waals surface area (Å²) in [6, 6.07) is 0.603. The van der Waals surface area contributed by atoms with E-state index in [1.807, 2.05) is 0 Å². The fraction of sp³-hybridized carbons (Fsp3) is 0.909. The second-order valence-electron chi connectivity index (χ2n) is 4.29. The molecule has 0 aromatic heterocycles. The molecule has 0 amide bonds. The maximum Gasteiger partial charge on any atom is 0.320 e. The number of halogens is 1. The van der Waals surface area contributed by atoms with Crippen molar-refractivity contribution >= 4 is 21.9 Å². The van der Waals surface area contributed by atoms with Crippen LogP contribution in [0.3, 0.4) is 0 Å². The first-order chi connectivity index (χ1) is 7.58. The number of carbonyl (C=O) groups is 1. The number of methoxy groups -OCH3 is 1. The molecule has 2 unspecified atom stereocenters. The Hall–Kier alpha value is -0.130. The number of esters is 1. The molecule has 1 aliphatic rings. The van der Waals surface area contributed by atoms with Gasteiger partial charge in [0.25, 0.3) is 0 Å². The summed E-state index contributed by atoms with van der Waals surface area (Å²) in [7, 11) is 3.59. The first kappa shape index (κ1) is 13.9. The van der Waals surface area contributed by atoms with Crippen LogP contribution in [0.5, 0.6) is 0 Å². The van der Waals surface area contributed by atoms with Crippen LogP contribution in [0.2, 0.25) is 0 Å². The van der Waals surface area contributed by atoms with E-state index in [0.717, 1.165) is 32.6 Å². The summed E-state index contributed by atoms with van der Waals surface area (Å²) in [5.41, 5.74) is 0. The molecule has 0 aromatic rings. The molecule has 16 heavy (non-hydrogen) atoms. The van der Waals surface area contributed by atoms with E-state index in [0.29, 0.717) is 6.04 Å². The van der Waals surface area contributed by atoms with Crippen molar-refractivity contribution in [3.8, 4) is 0 Å². The first-order valence-electron chi connectivity index (χ1n) is 5.73. The van der Waals surface area contributed by atoms with Crippen molar-refractivity contribution in [3.05, 3.63) is 0 Å². The van der Waals surface area contributed by atoms with Crippen LogP contribution >= 0.6 is 15.9 Å². The van der Waals surface area contributed by atoms with Gasteiger partial charge in [-0.2, -0.15) is 0 Å². The Morgan fingerprint density at radius 3 is 2.81 bits per heavy atom. The molecule has 1 fully saturated rings. The van der Waals surface area contributed by atoms with Gasteiger partial charge in [-0.05, 0) is 13.5 Å².